The van der Waals surface area contributed by atoms with Crippen molar-refractivity contribution >= 4 is 17.4 Å². The first-order valence-electron chi connectivity index (χ1n) is 8.34. The normalized spacial score (nSPS) is 17.8. The Bertz CT molecular complexity index is 703. The van der Waals surface area contributed by atoms with Crippen LogP contribution in [0.3, 0.4) is 0 Å². The number of piperidine rings is 1. The number of amides is 2. The number of rotatable bonds is 4. The van der Waals surface area contributed by atoms with Crippen LogP contribution in [0.5, 0.6) is 0 Å². The lowest BCUT2D eigenvalue weighted by Gasteiger charge is -2.36. The van der Waals surface area contributed by atoms with Gasteiger partial charge in [0.25, 0.3) is 0 Å². The van der Waals surface area contributed by atoms with Gasteiger partial charge in [0.15, 0.2) is 0 Å². The molecule has 2 amide bonds. The summed E-state index contributed by atoms with van der Waals surface area (Å²) in [6.45, 7) is 3.29. The second kappa shape index (κ2) is 7.75. The summed E-state index contributed by atoms with van der Waals surface area (Å²) in [4.78, 5) is 19.9. The summed E-state index contributed by atoms with van der Waals surface area (Å²) in [6, 6.07) is 6.48. The van der Waals surface area contributed by atoms with Crippen molar-refractivity contribution in [3.63, 3.8) is 0 Å². The monoisotopic (exact) mass is 347 g/mol. The standard InChI is InChI=1S/C18H22FN3OS/c1-13-17(24-12-21-13)8-9-20-18(23)22-10-3-2-7-16(22)14-5-4-6-15(19)11-14/h4-6,11-12,16H,2-3,7-10H2,1H3,(H,20,23). The van der Waals surface area contributed by atoms with Crippen LogP contribution in [0.15, 0.2) is 29.8 Å². The van der Waals surface area contributed by atoms with Gasteiger partial charge in [-0.3, -0.25) is 0 Å². The van der Waals surface area contributed by atoms with Crippen molar-refractivity contribution in [2.24, 2.45) is 0 Å². The summed E-state index contributed by atoms with van der Waals surface area (Å²) in [7, 11) is 0. The van der Waals surface area contributed by atoms with E-state index in [4.69, 9.17) is 0 Å². The third-order valence-electron chi connectivity index (χ3n) is 4.47. The lowest BCUT2D eigenvalue weighted by atomic mass is 9.95. The Kier molecular flexibility index (Phi) is 5.45. The van der Waals surface area contributed by atoms with Gasteiger partial charge in [-0.1, -0.05) is 12.1 Å². The lowest BCUT2D eigenvalue weighted by Crippen LogP contribution is -2.45. The highest BCUT2D eigenvalue weighted by Crippen LogP contribution is 2.31. The maximum absolute atomic E-state index is 13.5. The highest BCUT2D eigenvalue weighted by Gasteiger charge is 2.28. The zero-order chi connectivity index (χ0) is 16.9. The van der Waals surface area contributed by atoms with E-state index in [1.54, 1.807) is 17.4 Å². The molecule has 1 aliphatic rings. The van der Waals surface area contributed by atoms with Gasteiger partial charge in [-0.25, -0.2) is 14.2 Å². The molecule has 1 fully saturated rings. The molecule has 6 heteroatoms. The van der Waals surface area contributed by atoms with Crippen molar-refractivity contribution in [3.05, 3.63) is 51.7 Å². The molecule has 1 aromatic heterocycles. The topological polar surface area (TPSA) is 45.2 Å². The van der Waals surface area contributed by atoms with Crippen LogP contribution in [-0.2, 0) is 6.42 Å². The van der Waals surface area contributed by atoms with E-state index in [0.717, 1.165) is 36.9 Å². The Morgan fingerprint density at radius 1 is 1.46 bits per heavy atom. The van der Waals surface area contributed by atoms with Crippen molar-refractivity contribution in [1.29, 1.82) is 0 Å². The van der Waals surface area contributed by atoms with Crippen molar-refractivity contribution in [3.8, 4) is 0 Å². The van der Waals surface area contributed by atoms with Gasteiger partial charge in [-0.15, -0.1) is 11.3 Å². The van der Waals surface area contributed by atoms with Gasteiger partial charge in [-0.05, 0) is 43.9 Å². The van der Waals surface area contributed by atoms with Gasteiger partial charge in [0.2, 0.25) is 0 Å². The summed E-state index contributed by atoms with van der Waals surface area (Å²) >= 11 is 1.62. The molecule has 2 heterocycles. The van der Waals surface area contributed by atoms with E-state index >= 15 is 0 Å². The molecular formula is C18H22FN3OS. The molecule has 1 aliphatic heterocycles. The number of nitrogens with one attached hydrogen (secondary N) is 1. The summed E-state index contributed by atoms with van der Waals surface area (Å²) in [5.74, 6) is -0.251. The molecule has 0 spiro atoms. The number of benzene rings is 1. The first kappa shape index (κ1) is 16.9. The highest BCUT2D eigenvalue weighted by atomic mass is 32.1. The number of thiazole rings is 1. The van der Waals surface area contributed by atoms with Gasteiger partial charge < -0.3 is 10.2 Å². The largest absolute Gasteiger partial charge is 0.338 e. The maximum Gasteiger partial charge on any atom is 0.317 e. The van der Waals surface area contributed by atoms with Crippen molar-refractivity contribution in [2.45, 2.75) is 38.6 Å². The van der Waals surface area contributed by atoms with Gasteiger partial charge in [0.05, 0.1) is 17.2 Å². The Labute approximate surface area is 145 Å². The molecule has 1 aromatic carbocycles. The van der Waals surface area contributed by atoms with Crippen LogP contribution in [0, 0.1) is 12.7 Å². The predicted octanol–water partition coefficient (Wildman–Crippen LogP) is 4.07. The highest BCUT2D eigenvalue weighted by molar-refractivity contribution is 7.09. The van der Waals surface area contributed by atoms with E-state index in [0.29, 0.717) is 13.1 Å². The summed E-state index contributed by atoms with van der Waals surface area (Å²) in [5, 5.41) is 3.00. The van der Waals surface area contributed by atoms with E-state index in [9.17, 15) is 9.18 Å². The van der Waals surface area contributed by atoms with Gasteiger partial charge >= 0.3 is 6.03 Å². The fourth-order valence-corrected chi connectivity index (χ4v) is 3.97. The number of aryl methyl sites for hydroxylation is 1. The average Bonchev–Trinajstić information content (AvgIpc) is 3.00. The SMILES string of the molecule is Cc1ncsc1CCNC(=O)N1CCCCC1c1cccc(F)c1. The molecule has 0 bridgehead atoms. The van der Waals surface area contributed by atoms with E-state index in [1.807, 2.05) is 23.4 Å². The van der Waals surface area contributed by atoms with Crippen LogP contribution >= 0.6 is 11.3 Å². The molecule has 0 aliphatic carbocycles. The molecule has 3 rings (SSSR count). The molecule has 1 N–H and O–H groups in total. The minimum Gasteiger partial charge on any atom is -0.338 e. The van der Waals surface area contributed by atoms with Crippen LogP contribution < -0.4 is 5.32 Å². The molecule has 128 valence electrons. The van der Waals surface area contributed by atoms with Crippen LogP contribution in [0.4, 0.5) is 9.18 Å². The van der Waals surface area contributed by atoms with E-state index < -0.39 is 0 Å². The summed E-state index contributed by atoms with van der Waals surface area (Å²) < 4.78 is 13.5. The number of nitrogens with zero attached hydrogens (tertiary/aromatic N) is 2. The number of aromatic nitrogens is 1. The third-order valence-corrected chi connectivity index (χ3v) is 5.47. The maximum atomic E-state index is 13.5. The van der Waals surface area contributed by atoms with E-state index in [-0.39, 0.29) is 17.9 Å². The van der Waals surface area contributed by atoms with Crippen LogP contribution in [-0.4, -0.2) is 29.0 Å². The predicted molar refractivity (Wildman–Crippen MR) is 93.7 cm³/mol. The average molecular weight is 347 g/mol. The quantitative estimate of drug-likeness (QED) is 0.906. The Balaban J connectivity index is 1.62. The van der Waals surface area contributed by atoms with Gasteiger partial charge in [-0.2, -0.15) is 0 Å². The number of hydrogen-bond acceptors (Lipinski definition) is 3. The number of urea groups is 1. The summed E-state index contributed by atoms with van der Waals surface area (Å²) in [5.41, 5.74) is 3.74. The van der Waals surface area contributed by atoms with Gasteiger partial charge in [0.1, 0.15) is 5.82 Å². The van der Waals surface area contributed by atoms with Crippen molar-refractivity contribution in [2.75, 3.05) is 13.1 Å². The lowest BCUT2D eigenvalue weighted by molar-refractivity contribution is 0.151. The number of carbonyl (C=O) groups is 1. The Morgan fingerprint density at radius 3 is 3.08 bits per heavy atom. The summed E-state index contributed by atoms with van der Waals surface area (Å²) in [6.07, 6.45) is 3.73. The van der Waals surface area contributed by atoms with Crippen LogP contribution in [0.1, 0.15) is 41.4 Å². The second-order valence-electron chi connectivity index (χ2n) is 6.10. The zero-order valence-corrected chi connectivity index (χ0v) is 14.6. The second-order valence-corrected chi connectivity index (χ2v) is 7.04. The molecule has 1 saturated heterocycles. The number of carbonyl (C=O) groups excluding carboxylic acids is 1. The fourth-order valence-electron chi connectivity index (χ4n) is 3.19. The molecule has 1 unspecified atom stereocenters. The first-order valence-corrected chi connectivity index (χ1v) is 9.22. The third kappa shape index (κ3) is 3.93. The Hall–Kier alpha value is -1.95. The van der Waals surface area contributed by atoms with Crippen molar-refractivity contribution < 1.29 is 9.18 Å². The number of hydrogen-bond donors (Lipinski definition) is 1. The molecule has 2 aromatic rings. The number of likely N-dealkylation sites (tertiary alicyclic amines) is 1. The minimum atomic E-state index is -0.251. The minimum absolute atomic E-state index is 0.0420. The fraction of sp³-hybridized carbons (Fsp3) is 0.444. The van der Waals surface area contributed by atoms with E-state index in [1.165, 1.54) is 17.0 Å². The van der Waals surface area contributed by atoms with Crippen LogP contribution in [0.2, 0.25) is 0 Å². The Morgan fingerprint density at radius 2 is 2.33 bits per heavy atom. The molecule has 0 saturated carbocycles. The zero-order valence-electron chi connectivity index (χ0n) is 13.8. The molecule has 0 radical (unpaired) electrons. The first-order chi connectivity index (χ1) is 11.6. The molecular weight excluding hydrogens is 325 g/mol. The molecule has 1 atom stereocenters. The molecule has 4 nitrogen and oxygen atoms in total. The smallest absolute Gasteiger partial charge is 0.317 e. The number of halogens is 1. The van der Waals surface area contributed by atoms with Crippen LogP contribution in [0.25, 0.3) is 0 Å². The molecule has 24 heavy (non-hydrogen) atoms. The van der Waals surface area contributed by atoms with Crippen molar-refractivity contribution in [1.82, 2.24) is 15.2 Å². The van der Waals surface area contributed by atoms with E-state index in [2.05, 4.69) is 10.3 Å². The van der Waals surface area contributed by atoms with Gasteiger partial charge in [0, 0.05) is 24.4 Å².